The predicted molar refractivity (Wildman–Crippen MR) is 80.9 cm³/mol. The van der Waals surface area contributed by atoms with Crippen LogP contribution in [0.15, 0.2) is 24.3 Å². The van der Waals surface area contributed by atoms with Crippen LogP contribution in [-0.2, 0) is 0 Å². The van der Waals surface area contributed by atoms with Crippen molar-refractivity contribution in [2.24, 2.45) is 5.73 Å². The monoisotopic (exact) mass is 282 g/mol. The molecule has 0 saturated carbocycles. The molecule has 0 aromatic heterocycles. The van der Waals surface area contributed by atoms with Crippen molar-refractivity contribution in [2.45, 2.75) is 38.6 Å². The molecule has 4 heteroatoms. The highest BCUT2D eigenvalue weighted by Gasteiger charge is 2.28. The number of amides is 1. The molecule has 0 radical (unpaired) electrons. The lowest BCUT2D eigenvalue weighted by Gasteiger charge is -2.23. The van der Waals surface area contributed by atoms with Gasteiger partial charge in [-0.25, -0.2) is 0 Å². The van der Waals surface area contributed by atoms with Crippen molar-refractivity contribution < 1.29 is 4.79 Å². The first-order valence-electron chi connectivity index (χ1n) is 6.74. The van der Waals surface area contributed by atoms with E-state index in [0.29, 0.717) is 12.5 Å². The van der Waals surface area contributed by atoms with Crippen molar-refractivity contribution >= 4 is 18.3 Å². The highest BCUT2D eigenvalue weighted by Crippen LogP contribution is 2.21. The number of carbonyl (C=O) groups excluding carboxylic acids is 1. The molecule has 3 nitrogen and oxygen atoms in total. The van der Waals surface area contributed by atoms with Crippen molar-refractivity contribution in [1.29, 1.82) is 0 Å². The van der Waals surface area contributed by atoms with Crippen LogP contribution < -0.4 is 5.73 Å². The Morgan fingerprint density at radius 1 is 1.37 bits per heavy atom. The molecule has 0 bridgehead atoms. The van der Waals surface area contributed by atoms with E-state index < -0.39 is 0 Å². The van der Waals surface area contributed by atoms with Crippen LogP contribution in [0.25, 0.3) is 0 Å². The molecule has 1 aromatic carbocycles. The van der Waals surface area contributed by atoms with Crippen LogP contribution in [0.5, 0.6) is 0 Å². The molecule has 1 amide bonds. The summed E-state index contributed by atoms with van der Waals surface area (Å²) in [6, 6.07) is 8.19. The van der Waals surface area contributed by atoms with E-state index in [-0.39, 0.29) is 24.4 Å². The SMILES string of the molecule is CC(C)c1ccc(C(=O)N2CCCC2CN)cc1.Cl. The number of hydrogen-bond acceptors (Lipinski definition) is 2. The van der Waals surface area contributed by atoms with Crippen molar-refractivity contribution in [3.05, 3.63) is 35.4 Å². The number of rotatable bonds is 3. The van der Waals surface area contributed by atoms with Gasteiger partial charge < -0.3 is 10.6 Å². The van der Waals surface area contributed by atoms with E-state index in [4.69, 9.17) is 5.73 Å². The largest absolute Gasteiger partial charge is 0.334 e. The maximum Gasteiger partial charge on any atom is 0.254 e. The van der Waals surface area contributed by atoms with Gasteiger partial charge in [-0.15, -0.1) is 12.4 Å². The number of hydrogen-bond donors (Lipinski definition) is 1. The molecule has 0 spiro atoms. The van der Waals surface area contributed by atoms with Crippen LogP contribution in [0.4, 0.5) is 0 Å². The summed E-state index contributed by atoms with van der Waals surface area (Å²) >= 11 is 0. The normalized spacial score (nSPS) is 18.5. The first-order valence-corrected chi connectivity index (χ1v) is 6.74. The summed E-state index contributed by atoms with van der Waals surface area (Å²) in [4.78, 5) is 14.3. The van der Waals surface area contributed by atoms with E-state index in [0.717, 1.165) is 24.9 Å². The second-order valence-electron chi connectivity index (χ2n) is 5.31. The summed E-state index contributed by atoms with van der Waals surface area (Å²) < 4.78 is 0. The molecule has 2 N–H and O–H groups in total. The van der Waals surface area contributed by atoms with Crippen LogP contribution in [0, 0.1) is 0 Å². The minimum Gasteiger partial charge on any atom is -0.334 e. The predicted octanol–water partition coefficient (Wildman–Crippen LogP) is 2.80. The second-order valence-corrected chi connectivity index (χ2v) is 5.31. The van der Waals surface area contributed by atoms with E-state index in [1.165, 1.54) is 5.56 Å². The third-order valence-corrected chi connectivity index (χ3v) is 3.73. The number of nitrogens with two attached hydrogens (primary N) is 1. The highest BCUT2D eigenvalue weighted by molar-refractivity contribution is 5.94. The Bertz CT molecular complexity index is 417. The topological polar surface area (TPSA) is 46.3 Å². The Morgan fingerprint density at radius 3 is 2.53 bits per heavy atom. The summed E-state index contributed by atoms with van der Waals surface area (Å²) in [6.45, 7) is 5.71. The van der Waals surface area contributed by atoms with Crippen LogP contribution in [0.3, 0.4) is 0 Å². The Morgan fingerprint density at radius 2 is 2.00 bits per heavy atom. The van der Waals surface area contributed by atoms with Gasteiger partial charge in [0.05, 0.1) is 0 Å². The third-order valence-electron chi connectivity index (χ3n) is 3.73. The molecule has 1 saturated heterocycles. The molecule has 2 rings (SSSR count). The number of nitrogens with zero attached hydrogens (tertiary/aromatic N) is 1. The Balaban J connectivity index is 0.00000180. The summed E-state index contributed by atoms with van der Waals surface area (Å²) in [5, 5.41) is 0. The standard InChI is InChI=1S/C15H22N2O.ClH/c1-11(2)12-5-7-13(8-6-12)15(18)17-9-3-4-14(17)10-16;/h5-8,11,14H,3-4,9-10,16H2,1-2H3;1H. The first kappa shape index (κ1) is 16.0. The van der Waals surface area contributed by atoms with Crippen LogP contribution in [0.1, 0.15) is 48.5 Å². The zero-order chi connectivity index (χ0) is 13.1. The highest BCUT2D eigenvalue weighted by atomic mass is 35.5. The van der Waals surface area contributed by atoms with E-state index in [2.05, 4.69) is 13.8 Å². The minimum atomic E-state index is 0. The lowest BCUT2D eigenvalue weighted by Crippen LogP contribution is -2.39. The molecule has 1 aliphatic rings. The summed E-state index contributed by atoms with van der Waals surface area (Å²) in [5.74, 6) is 0.621. The molecule has 1 unspecified atom stereocenters. The van der Waals surface area contributed by atoms with E-state index in [1.807, 2.05) is 29.2 Å². The lowest BCUT2D eigenvalue weighted by atomic mass is 10.0. The Kier molecular flexibility index (Phi) is 5.83. The van der Waals surface area contributed by atoms with E-state index in [1.54, 1.807) is 0 Å². The van der Waals surface area contributed by atoms with Gasteiger partial charge in [-0.05, 0) is 36.5 Å². The summed E-state index contributed by atoms with van der Waals surface area (Å²) in [6.07, 6.45) is 2.10. The fraction of sp³-hybridized carbons (Fsp3) is 0.533. The third kappa shape index (κ3) is 3.48. The zero-order valence-electron chi connectivity index (χ0n) is 11.6. The van der Waals surface area contributed by atoms with Crippen molar-refractivity contribution in [3.8, 4) is 0 Å². The van der Waals surface area contributed by atoms with Crippen molar-refractivity contribution in [3.63, 3.8) is 0 Å². The maximum atomic E-state index is 12.4. The van der Waals surface area contributed by atoms with Gasteiger partial charge in [-0.3, -0.25) is 4.79 Å². The molecule has 0 aliphatic carbocycles. The fourth-order valence-electron chi connectivity index (χ4n) is 2.52. The zero-order valence-corrected chi connectivity index (χ0v) is 12.5. The van der Waals surface area contributed by atoms with Gasteiger partial charge in [-0.1, -0.05) is 26.0 Å². The summed E-state index contributed by atoms with van der Waals surface area (Å²) in [5.41, 5.74) is 7.75. The number of carbonyl (C=O) groups is 1. The lowest BCUT2D eigenvalue weighted by molar-refractivity contribution is 0.0741. The maximum absolute atomic E-state index is 12.4. The van der Waals surface area contributed by atoms with Gasteiger partial charge >= 0.3 is 0 Å². The van der Waals surface area contributed by atoms with Crippen LogP contribution in [-0.4, -0.2) is 29.9 Å². The number of likely N-dealkylation sites (tertiary alicyclic amines) is 1. The molecule has 1 aromatic rings. The van der Waals surface area contributed by atoms with Gasteiger partial charge in [-0.2, -0.15) is 0 Å². The van der Waals surface area contributed by atoms with Gasteiger partial charge in [0, 0.05) is 24.7 Å². The average molecular weight is 283 g/mol. The summed E-state index contributed by atoms with van der Waals surface area (Å²) in [7, 11) is 0. The molecule has 1 atom stereocenters. The molecule has 1 heterocycles. The first-order chi connectivity index (χ1) is 8.63. The van der Waals surface area contributed by atoms with Gasteiger partial charge in [0.25, 0.3) is 5.91 Å². The fourth-order valence-corrected chi connectivity index (χ4v) is 2.52. The molecular formula is C15H23ClN2O. The van der Waals surface area contributed by atoms with Gasteiger partial charge in [0.2, 0.25) is 0 Å². The van der Waals surface area contributed by atoms with Crippen molar-refractivity contribution in [1.82, 2.24) is 4.90 Å². The van der Waals surface area contributed by atoms with Crippen LogP contribution >= 0.6 is 12.4 Å². The van der Waals surface area contributed by atoms with Crippen LogP contribution in [0.2, 0.25) is 0 Å². The minimum absolute atomic E-state index is 0. The number of benzene rings is 1. The Labute approximate surface area is 121 Å². The molecular weight excluding hydrogens is 260 g/mol. The average Bonchev–Trinajstić information content (AvgIpc) is 2.86. The second kappa shape index (κ2) is 6.92. The molecule has 1 aliphatic heterocycles. The quantitative estimate of drug-likeness (QED) is 0.927. The Hall–Kier alpha value is -1.06. The molecule has 1 fully saturated rings. The van der Waals surface area contributed by atoms with E-state index >= 15 is 0 Å². The molecule has 19 heavy (non-hydrogen) atoms. The molecule has 106 valence electrons. The van der Waals surface area contributed by atoms with E-state index in [9.17, 15) is 4.79 Å². The van der Waals surface area contributed by atoms with Gasteiger partial charge in [0.15, 0.2) is 0 Å². The number of halogens is 1. The van der Waals surface area contributed by atoms with Crippen molar-refractivity contribution in [2.75, 3.05) is 13.1 Å². The smallest absolute Gasteiger partial charge is 0.254 e. The van der Waals surface area contributed by atoms with Gasteiger partial charge in [0.1, 0.15) is 0 Å².